The second kappa shape index (κ2) is 8.35. The third kappa shape index (κ3) is 4.31. The van der Waals surface area contributed by atoms with Crippen molar-refractivity contribution < 1.29 is 9.47 Å². The van der Waals surface area contributed by atoms with E-state index in [4.69, 9.17) is 21.1 Å². The Morgan fingerprint density at radius 2 is 1.92 bits per heavy atom. The molecule has 3 rings (SSSR count). The lowest BCUT2D eigenvalue weighted by Gasteiger charge is -2.14. The van der Waals surface area contributed by atoms with Gasteiger partial charge in [-0.15, -0.1) is 0 Å². The van der Waals surface area contributed by atoms with Crippen LogP contribution in [-0.2, 0) is 6.54 Å². The predicted octanol–water partition coefficient (Wildman–Crippen LogP) is 3.90. The van der Waals surface area contributed by atoms with Gasteiger partial charge in [-0.05, 0) is 17.7 Å². The van der Waals surface area contributed by atoms with E-state index in [1.807, 2.05) is 12.1 Å². The number of hydrogen-bond acceptors (Lipinski definition) is 7. The Morgan fingerprint density at radius 3 is 2.65 bits per heavy atom. The molecule has 2 heterocycles. The first-order valence-electron chi connectivity index (χ1n) is 7.84. The first kappa shape index (κ1) is 17.8. The summed E-state index contributed by atoms with van der Waals surface area (Å²) in [7, 11) is 3.13. The van der Waals surface area contributed by atoms with Gasteiger partial charge in [0.25, 0.3) is 0 Å². The van der Waals surface area contributed by atoms with Crippen LogP contribution in [0.3, 0.4) is 0 Å². The van der Waals surface area contributed by atoms with Gasteiger partial charge in [-0.1, -0.05) is 17.7 Å². The molecule has 1 aromatic carbocycles. The van der Waals surface area contributed by atoms with Gasteiger partial charge in [0.15, 0.2) is 0 Å². The van der Waals surface area contributed by atoms with E-state index in [1.54, 1.807) is 51.0 Å². The van der Waals surface area contributed by atoms with Crippen LogP contribution in [-0.4, -0.2) is 29.2 Å². The van der Waals surface area contributed by atoms with Crippen molar-refractivity contribution in [2.45, 2.75) is 6.54 Å². The molecular weight excluding hydrogens is 354 g/mol. The van der Waals surface area contributed by atoms with Crippen LogP contribution >= 0.6 is 11.6 Å². The molecule has 0 radical (unpaired) electrons. The number of nitrogens with one attached hydrogen (secondary N) is 2. The number of benzene rings is 1. The van der Waals surface area contributed by atoms with Crippen molar-refractivity contribution in [3.63, 3.8) is 0 Å². The molecule has 26 heavy (non-hydrogen) atoms. The molecule has 0 atom stereocenters. The van der Waals surface area contributed by atoms with Crippen molar-refractivity contribution in [2.75, 3.05) is 24.9 Å². The van der Waals surface area contributed by atoms with Crippen molar-refractivity contribution >= 4 is 29.1 Å². The van der Waals surface area contributed by atoms with Crippen molar-refractivity contribution in [1.29, 1.82) is 0 Å². The van der Waals surface area contributed by atoms with E-state index in [2.05, 4.69) is 25.6 Å². The molecule has 7 nitrogen and oxygen atoms in total. The second-order valence-corrected chi connectivity index (χ2v) is 5.70. The van der Waals surface area contributed by atoms with Gasteiger partial charge in [-0.2, -0.15) is 4.98 Å². The average molecular weight is 372 g/mol. The molecule has 3 aromatic rings. The van der Waals surface area contributed by atoms with Gasteiger partial charge in [0.1, 0.15) is 17.3 Å². The van der Waals surface area contributed by atoms with Gasteiger partial charge < -0.3 is 20.1 Å². The first-order valence-corrected chi connectivity index (χ1v) is 8.21. The Hall–Kier alpha value is -3.06. The Balaban J connectivity index is 1.76. The Labute approximate surface area is 156 Å². The van der Waals surface area contributed by atoms with Crippen LogP contribution in [0.4, 0.5) is 17.5 Å². The van der Waals surface area contributed by atoms with Crippen molar-refractivity contribution in [1.82, 2.24) is 15.0 Å². The Morgan fingerprint density at radius 1 is 1.08 bits per heavy atom. The van der Waals surface area contributed by atoms with E-state index in [1.165, 1.54) is 0 Å². The number of methoxy groups -OCH3 is 2. The lowest BCUT2D eigenvalue weighted by atomic mass is 10.2. The zero-order chi connectivity index (χ0) is 18.4. The highest BCUT2D eigenvalue weighted by atomic mass is 35.5. The number of anilines is 3. The van der Waals surface area contributed by atoms with Crippen LogP contribution < -0.4 is 20.1 Å². The molecule has 0 spiro atoms. The summed E-state index contributed by atoms with van der Waals surface area (Å²) in [5.74, 6) is 2.23. The van der Waals surface area contributed by atoms with Gasteiger partial charge >= 0.3 is 0 Å². The maximum Gasteiger partial charge on any atom is 0.224 e. The maximum absolute atomic E-state index is 6.13. The molecule has 2 N–H and O–H groups in total. The molecule has 0 aliphatic rings. The third-order valence-electron chi connectivity index (χ3n) is 3.57. The fourth-order valence-corrected chi connectivity index (χ4v) is 2.52. The predicted molar refractivity (Wildman–Crippen MR) is 101 cm³/mol. The van der Waals surface area contributed by atoms with Gasteiger partial charge in [-0.3, -0.25) is 4.98 Å². The van der Waals surface area contributed by atoms with Crippen LogP contribution in [0, 0.1) is 0 Å². The molecule has 0 saturated heterocycles. The van der Waals surface area contributed by atoms with Crippen LogP contribution in [0.1, 0.15) is 5.56 Å². The molecular formula is C18H18ClN5O2. The van der Waals surface area contributed by atoms with Gasteiger partial charge in [0.05, 0.1) is 24.9 Å². The van der Waals surface area contributed by atoms with E-state index in [9.17, 15) is 0 Å². The lowest BCUT2D eigenvalue weighted by molar-refractivity contribution is 0.405. The van der Waals surface area contributed by atoms with E-state index in [0.29, 0.717) is 40.5 Å². The molecule has 0 aliphatic carbocycles. The quantitative estimate of drug-likeness (QED) is 0.651. The summed E-state index contributed by atoms with van der Waals surface area (Å²) in [4.78, 5) is 12.8. The number of ether oxygens (including phenoxy) is 2. The smallest absolute Gasteiger partial charge is 0.224 e. The minimum atomic E-state index is 0.469. The van der Waals surface area contributed by atoms with Gasteiger partial charge in [-0.25, -0.2) is 4.98 Å². The zero-order valence-corrected chi connectivity index (χ0v) is 15.1. The topological polar surface area (TPSA) is 81.2 Å². The van der Waals surface area contributed by atoms with Gasteiger partial charge in [0, 0.05) is 37.3 Å². The first-order chi connectivity index (χ1) is 12.7. The summed E-state index contributed by atoms with van der Waals surface area (Å²) in [6.45, 7) is 0.579. The third-order valence-corrected chi connectivity index (χ3v) is 3.86. The fourth-order valence-electron chi connectivity index (χ4n) is 2.29. The summed E-state index contributed by atoms with van der Waals surface area (Å²) < 4.78 is 10.6. The largest absolute Gasteiger partial charge is 0.495 e. The summed E-state index contributed by atoms with van der Waals surface area (Å²) in [6, 6.07) is 9.07. The lowest BCUT2D eigenvalue weighted by Crippen LogP contribution is -2.05. The molecule has 0 amide bonds. The van der Waals surface area contributed by atoms with Crippen molar-refractivity contribution in [3.05, 3.63) is 59.5 Å². The Kier molecular flexibility index (Phi) is 5.70. The molecule has 0 fully saturated rings. The SMILES string of the molecule is COc1cc(Nc2ccnc(NCc3cccnc3)n2)c(OC)cc1Cl. The number of halogens is 1. The molecule has 8 heteroatoms. The highest BCUT2D eigenvalue weighted by Crippen LogP contribution is 2.37. The van der Waals surface area contributed by atoms with Crippen LogP contribution in [0.5, 0.6) is 11.5 Å². The number of pyridine rings is 1. The highest BCUT2D eigenvalue weighted by molar-refractivity contribution is 6.32. The van der Waals surface area contributed by atoms with Crippen molar-refractivity contribution in [3.8, 4) is 11.5 Å². The number of nitrogens with zero attached hydrogens (tertiary/aromatic N) is 3. The number of aromatic nitrogens is 3. The fraction of sp³-hybridized carbons (Fsp3) is 0.167. The summed E-state index contributed by atoms with van der Waals surface area (Å²) in [5, 5.41) is 6.83. The van der Waals surface area contributed by atoms with Crippen molar-refractivity contribution in [2.24, 2.45) is 0 Å². The monoisotopic (exact) mass is 371 g/mol. The van der Waals surface area contributed by atoms with E-state index < -0.39 is 0 Å². The molecule has 0 bridgehead atoms. The summed E-state index contributed by atoms with van der Waals surface area (Å²) in [6.07, 6.45) is 5.19. The maximum atomic E-state index is 6.13. The molecule has 0 aliphatic heterocycles. The van der Waals surface area contributed by atoms with Crippen LogP contribution in [0.15, 0.2) is 48.9 Å². The standard InChI is InChI=1S/C18H18ClN5O2/c1-25-15-9-14(16(26-2)8-13(15)19)23-17-5-7-21-18(24-17)22-11-12-4-3-6-20-10-12/h3-10H,11H2,1-2H3,(H2,21,22,23,24). The number of hydrogen-bond donors (Lipinski definition) is 2. The normalized spacial score (nSPS) is 10.3. The molecule has 0 unspecified atom stereocenters. The molecule has 134 valence electrons. The van der Waals surface area contributed by atoms with Crippen LogP contribution in [0.25, 0.3) is 0 Å². The zero-order valence-electron chi connectivity index (χ0n) is 14.4. The molecule has 0 saturated carbocycles. The highest BCUT2D eigenvalue weighted by Gasteiger charge is 2.11. The summed E-state index contributed by atoms with van der Waals surface area (Å²) >= 11 is 6.13. The van der Waals surface area contributed by atoms with E-state index in [0.717, 1.165) is 5.56 Å². The van der Waals surface area contributed by atoms with E-state index in [-0.39, 0.29) is 0 Å². The average Bonchev–Trinajstić information content (AvgIpc) is 2.68. The minimum absolute atomic E-state index is 0.469. The Bertz CT molecular complexity index is 877. The van der Waals surface area contributed by atoms with E-state index >= 15 is 0 Å². The van der Waals surface area contributed by atoms with Crippen LogP contribution in [0.2, 0.25) is 5.02 Å². The number of rotatable bonds is 7. The molecule has 2 aromatic heterocycles. The van der Waals surface area contributed by atoms with Gasteiger partial charge in [0.2, 0.25) is 5.95 Å². The summed E-state index contributed by atoms with van der Waals surface area (Å²) in [5.41, 5.74) is 1.73. The minimum Gasteiger partial charge on any atom is -0.495 e. The second-order valence-electron chi connectivity index (χ2n) is 5.29.